The molecule has 0 heterocycles. The van der Waals surface area contributed by atoms with Crippen LogP contribution in [0.2, 0.25) is 0 Å². The van der Waals surface area contributed by atoms with E-state index in [1.165, 1.54) is 18.4 Å². The highest BCUT2D eigenvalue weighted by Gasteiger charge is 2.04. The van der Waals surface area contributed by atoms with Crippen LogP contribution in [0.25, 0.3) is 0 Å². The van der Waals surface area contributed by atoms with Gasteiger partial charge in [-0.3, -0.25) is 0 Å². The zero-order valence-electron chi connectivity index (χ0n) is 11.0. The maximum absolute atomic E-state index is 5.85. The summed E-state index contributed by atoms with van der Waals surface area (Å²) in [6, 6.07) is 8.29. The van der Waals surface area contributed by atoms with Crippen molar-refractivity contribution in [3.05, 3.63) is 29.8 Å². The van der Waals surface area contributed by atoms with Crippen LogP contribution < -0.4 is 4.74 Å². The number of aryl methyl sites for hydroxylation is 1. The van der Waals surface area contributed by atoms with Gasteiger partial charge in [-0.05, 0) is 44.7 Å². The lowest BCUT2D eigenvalue weighted by molar-refractivity contribution is 0.204. The van der Waals surface area contributed by atoms with Crippen LogP contribution in [0.1, 0.15) is 45.6 Å². The summed E-state index contributed by atoms with van der Waals surface area (Å²) in [7, 11) is 0. The van der Waals surface area contributed by atoms with Gasteiger partial charge in [0.05, 0.1) is 6.10 Å². The fourth-order valence-electron chi connectivity index (χ4n) is 1.72. The summed E-state index contributed by atoms with van der Waals surface area (Å²) >= 11 is 0. The monoisotopic (exact) mass is 220 g/mol. The van der Waals surface area contributed by atoms with Crippen molar-refractivity contribution in [3.8, 4) is 5.75 Å². The average molecular weight is 220 g/mol. The molecule has 0 aliphatic heterocycles. The molecule has 1 rings (SSSR count). The Hall–Kier alpha value is -0.980. The quantitative estimate of drug-likeness (QED) is 0.681. The highest BCUT2D eigenvalue weighted by Crippen LogP contribution is 2.16. The summed E-state index contributed by atoms with van der Waals surface area (Å²) in [5.74, 6) is 1.79. The largest absolute Gasteiger partial charge is 0.491 e. The molecule has 1 aromatic carbocycles. The second-order valence-electron chi connectivity index (χ2n) is 5.07. The van der Waals surface area contributed by atoms with Gasteiger partial charge in [0.25, 0.3) is 0 Å². The van der Waals surface area contributed by atoms with Crippen molar-refractivity contribution in [3.63, 3.8) is 0 Å². The van der Waals surface area contributed by atoms with E-state index in [1.54, 1.807) is 0 Å². The first-order valence-corrected chi connectivity index (χ1v) is 6.31. The maximum atomic E-state index is 5.85. The minimum atomic E-state index is 0.321. The third-order valence-corrected chi connectivity index (χ3v) is 2.75. The van der Waals surface area contributed by atoms with Crippen molar-refractivity contribution >= 4 is 0 Å². The van der Waals surface area contributed by atoms with E-state index in [-0.39, 0.29) is 0 Å². The van der Waals surface area contributed by atoms with Gasteiger partial charge in [-0.15, -0.1) is 0 Å². The van der Waals surface area contributed by atoms with Gasteiger partial charge >= 0.3 is 0 Å². The van der Waals surface area contributed by atoms with Crippen molar-refractivity contribution < 1.29 is 4.74 Å². The van der Waals surface area contributed by atoms with Crippen LogP contribution >= 0.6 is 0 Å². The van der Waals surface area contributed by atoms with Gasteiger partial charge in [-0.1, -0.05) is 38.0 Å². The molecular formula is C15H24O. The summed E-state index contributed by atoms with van der Waals surface area (Å²) < 4.78 is 5.85. The fourth-order valence-corrected chi connectivity index (χ4v) is 1.72. The van der Waals surface area contributed by atoms with Crippen LogP contribution in [0.4, 0.5) is 0 Å². The summed E-state index contributed by atoms with van der Waals surface area (Å²) in [5.41, 5.74) is 1.28. The highest BCUT2D eigenvalue weighted by molar-refractivity contribution is 5.26. The van der Waals surface area contributed by atoms with E-state index >= 15 is 0 Å². The second-order valence-corrected chi connectivity index (χ2v) is 5.07. The van der Waals surface area contributed by atoms with Crippen molar-refractivity contribution in [2.75, 3.05) is 0 Å². The highest BCUT2D eigenvalue weighted by atomic mass is 16.5. The van der Waals surface area contributed by atoms with E-state index < -0.39 is 0 Å². The standard InChI is InChI=1S/C15H24O/c1-12(2)6-5-7-14(4)16-15-10-8-13(3)9-11-15/h8-12,14H,5-7H2,1-4H3. The predicted molar refractivity (Wildman–Crippen MR) is 70.0 cm³/mol. The molecule has 0 bridgehead atoms. The van der Waals surface area contributed by atoms with E-state index in [9.17, 15) is 0 Å². The molecule has 0 aliphatic carbocycles. The molecule has 0 spiro atoms. The normalized spacial score (nSPS) is 12.8. The summed E-state index contributed by atoms with van der Waals surface area (Å²) in [6.45, 7) is 8.78. The lowest BCUT2D eigenvalue weighted by Gasteiger charge is -2.15. The summed E-state index contributed by atoms with van der Waals surface area (Å²) in [5, 5.41) is 0. The van der Waals surface area contributed by atoms with Crippen LogP contribution in [-0.4, -0.2) is 6.10 Å². The molecule has 0 saturated carbocycles. The van der Waals surface area contributed by atoms with Crippen LogP contribution in [0.3, 0.4) is 0 Å². The van der Waals surface area contributed by atoms with Crippen molar-refractivity contribution in [2.24, 2.45) is 5.92 Å². The van der Waals surface area contributed by atoms with E-state index in [1.807, 2.05) is 12.1 Å². The molecule has 1 heteroatoms. The molecule has 90 valence electrons. The van der Waals surface area contributed by atoms with Crippen LogP contribution in [-0.2, 0) is 0 Å². The van der Waals surface area contributed by atoms with Crippen molar-refractivity contribution in [2.45, 2.75) is 53.1 Å². The zero-order valence-corrected chi connectivity index (χ0v) is 11.0. The molecule has 0 aromatic heterocycles. The summed E-state index contributed by atoms with van der Waals surface area (Å²) in [4.78, 5) is 0. The number of ether oxygens (including phenoxy) is 1. The van der Waals surface area contributed by atoms with E-state index in [4.69, 9.17) is 4.74 Å². The van der Waals surface area contributed by atoms with E-state index in [0.29, 0.717) is 6.10 Å². The molecule has 0 saturated heterocycles. The molecule has 1 aromatic rings. The van der Waals surface area contributed by atoms with Crippen LogP contribution in [0.15, 0.2) is 24.3 Å². The minimum Gasteiger partial charge on any atom is -0.491 e. The Bertz CT molecular complexity index is 287. The average Bonchev–Trinajstić information content (AvgIpc) is 2.21. The third kappa shape index (κ3) is 5.20. The topological polar surface area (TPSA) is 9.23 Å². The summed E-state index contributed by atoms with van der Waals surface area (Å²) in [6.07, 6.45) is 4.01. The molecule has 0 radical (unpaired) electrons. The second kappa shape index (κ2) is 6.57. The Morgan fingerprint density at radius 3 is 2.19 bits per heavy atom. The molecule has 1 atom stereocenters. The Balaban J connectivity index is 2.28. The molecule has 0 aliphatic rings. The maximum Gasteiger partial charge on any atom is 0.119 e. The predicted octanol–water partition coefficient (Wildman–Crippen LogP) is 4.59. The molecule has 16 heavy (non-hydrogen) atoms. The van der Waals surface area contributed by atoms with Gasteiger partial charge in [0.15, 0.2) is 0 Å². The Morgan fingerprint density at radius 2 is 1.62 bits per heavy atom. The Labute approximate surface area is 99.8 Å². The fraction of sp³-hybridized carbons (Fsp3) is 0.600. The first kappa shape index (κ1) is 13.1. The number of rotatable bonds is 6. The van der Waals surface area contributed by atoms with Gasteiger partial charge in [0.2, 0.25) is 0 Å². The van der Waals surface area contributed by atoms with Crippen LogP contribution in [0.5, 0.6) is 5.75 Å². The smallest absolute Gasteiger partial charge is 0.119 e. The van der Waals surface area contributed by atoms with Gasteiger partial charge in [-0.25, -0.2) is 0 Å². The van der Waals surface area contributed by atoms with Gasteiger partial charge < -0.3 is 4.74 Å². The molecule has 0 amide bonds. The van der Waals surface area contributed by atoms with Gasteiger partial charge in [0, 0.05) is 0 Å². The first-order chi connectivity index (χ1) is 7.58. The molecule has 0 fully saturated rings. The lowest BCUT2D eigenvalue weighted by Crippen LogP contribution is -2.11. The van der Waals surface area contributed by atoms with Crippen LogP contribution in [0, 0.1) is 12.8 Å². The SMILES string of the molecule is Cc1ccc(OC(C)CCCC(C)C)cc1. The molecule has 1 nitrogen and oxygen atoms in total. The third-order valence-electron chi connectivity index (χ3n) is 2.75. The van der Waals surface area contributed by atoms with Gasteiger partial charge in [-0.2, -0.15) is 0 Å². The Kier molecular flexibility index (Phi) is 5.37. The zero-order chi connectivity index (χ0) is 12.0. The molecular weight excluding hydrogens is 196 g/mol. The van der Waals surface area contributed by atoms with Crippen molar-refractivity contribution in [1.82, 2.24) is 0 Å². The molecule has 1 unspecified atom stereocenters. The lowest BCUT2D eigenvalue weighted by atomic mass is 10.0. The molecule has 0 N–H and O–H groups in total. The number of hydrogen-bond acceptors (Lipinski definition) is 1. The number of hydrogen-bond donors (Lipinski definition) is 0. The van der Waals surface area contributed by atoms with Gasteiger partial charge in [0.1, 0.15) is 5.75 Å². The van der Waals surface area contributed by atoms with Crippen molar-refractivity contribution in [1.29, 1.82) is 0 Å². The van der Waals surface area contributed by atoms with E-state index in [2.05, 4.69) is 39.8 Å². The number of benzene rings is 1. The first-order valence-electron chi connectivity index (χ1n) is 6.31. The minimum absolute atomic E-state index is 0.321. The Morgan fingerprint density at radius 1 is 1.00 bits per heavy atom. The van der Waals surface area contributed by atoms with E-state index in [0.717, 1.165) is 18.1 Å².